The quantitative estimate of drug-likeness (QED) is 0.379. The Labute approximate surface area is 158 Å². The van der Waals surface area contributed by atoms with Gasteiger partial charge in [-0.3, -0.25) is 0 Å². The van der Waals surface area contributed by atoms with Crippen LogP contribution in [0, 0.1) is 0 Å². The molecule has 0 saturated carbocycles. The van der Waals surface area contributed by atoms with Gasteiger partial charge in [0.1, 0.15) is 5.69 Å². The molecule has 0 spiro atoms. The van der Waals surface area contributed by atoms with Crippen LogP contribution in [0.25, 0.3) is 0 Å². The number of aromatic nitrogens is 2. The second-order valence-electron chi connectivity index (χ2n) is 6.36. The van der Waals surface area contributed by atoms with E-state index in [1.807, 2.05) is 42.5 Å². The highest BCUT2D eigenvalue weighted by Gasteiger charge is 2.12. The van der Waals surface area contributed by atoms with Crippen LogP contribution in [0.3, 0.4) is 0 Å². The minimum absolute atomic E-state index is 0.756. The van der Waals surface area contributed by atoms with Gasteiger partial charge in [-0.1, -0.05) is 78.9 Å². The van der Waals surface area contributed by atoms with E-state index in [4.69, 9.17) is 0 Å². The largest absolute Gasteiger partial charge is 0.479 e. The van der Waals surface area contributed by atoms with E-state index in [-0.39, 0.29) is 0 Å². The highest BCUT2D eigenvalue weighted by Crippen LogP contribution is 2.07. The van der Waals surface area contributed by atoms with Gasteiger partial charge in [0, 0.05) is 0 Å². The van der Waals surface area contributed by atoms with Crippen molar-refractivity contribution in [2.75, 3.05) is 0 Å². The molecule has 4 heteroatoms. The summed E-state index contributed by atoms with van der Waals surface area (Å²) in [5.74, 6) is 0. The molecule has 0 saturated heterocycles. The average molecular weight is 353 g/mol. The number of hydrogen-bond donors (Lipinski definition) is 0. The van der Waals surface area contributed by atoms with Crippen molar-refractivity contribution in [3.63, 3.8) is 0 Å². The van der Waals surface area contributed by atoms with Gasteiger partial charge in [0.25, 0.3) is 0 Å². The molecule has 0 aliphatic heterocycles. The Bertz CT molecular complexity index is 1030. The normalized spacial score (nSPS) is 10.4. The zero-order valence-corrected chi connectivity index (χ0v) is 15.0. The topological polar surface area (TPSA) is 36.3 Å². The van der Waals surface area contributed by atoms with E-state index in [0.717, 1.165) is 24.4 Å². The molecule has 0 aliphatic rings. The molecule has 0 radical (unpaired) electrons. The van der Waals surface area contributed by atoms with Gasteiger partial charge < -0.3 is 0 Å². The van der Waals surface area contributed by atoms with Crippen molar-refractivity contribution >= 4 is 5.69 Å². The van der Waals surface area contributed by atoms with Crippen LogP contribution >= 0.6 is 0 Å². The standard InChI is InChI=1S/C23H21N4/c1-4-10-20(11-5-1)18-26-16-17-27(19-21-12-6-2-7-13-21)23(26)25-24-22-14-8-3-9-15-22/h1-17H,18-19H2/q+1. The van der Waals surface area contributed by atoms with Gasteiger partial charge in [-0.2, -0.15) is 0 Å². The third kappa shape index (κ3) is 4.32. The maximum atomic E-state index is 4.58. The maximum absolute atomic E-state index is 4.58. The molecule has 27 heavy (non-hydrogen) atoms. The molecular formula is C23H21N4+. The van der Waals surface area contributed by atoms with E-state index in [1.54, 1.807) is 0 Å². The van der Waals surface area contributed by atoms with Gasteiger partial charge in [0.05, 0.1) is 25.5 Å². The molecule has 1 aromatic heterocycles. The minimum Gasteiger partial charge on any atom is -0.215 e. The van der Waals surface area contributed by atoms with Gasteiger partial charge in [-0.25, -0.2) is 9.13 Å². The van der Waals surface area contributed by atoms with Crippen molar-refractivity contribution in [1.29, 1.82) is 0 Å². The van der Waals surface area contributed by atoms with Gasteiger partial charge in [-0.05, 0) is 28.4 Å². The number of hydrogen-bond acceptors (Lipinski definition) is 1. The summed E-state index contributed by atoms with van der Waals surface area (Å²) in [7, 11) is 0. The summed E-state index contributed by atoms with van der Waals surface area (Å²) in [4.78, 5) is 4.58. The Balaban J connectivity index is 1.76. The zero-order chi connectivity index (χ0) is 18.3. The van der Waals surface area contributed by atoms with Crippen LogP contribution in [0.5, 0.6) is 0 Å². The molecular weight excluding hydrogens is 332 g/mol. The van der Waals surface area contributed by atoms with Gasteiger partial charge in [-0.15, -0.1) is 4.79 Å². The molecule has 0 amide bonds. The van der Waals surface area contributed by atoms with E-state index in [0.29, 0.717) is 0 Å². The van der Waals surface area contributed by atoms with Crippen LogP contribution in [0.15, 0.2) is 109 Å². The highest BCUT2D eigenvalue weighted by molar-refractivity contribution is 5.33. The summed E-state index contributed by atoms with van der Waals surface area (Å²) < 4.78 is 4.26. The van der Waals surface area contributed by atoms with Gasteiger partial charge >= 0.3 is 5.62 Å². The molecule has 4 nitrogen and oxygen atoms in total. The van der Waals surface area contributed by atoms with Crippen molar-refractivity contribution in [2.45, 2.75) is 13.1 Å². The number of imidazole rings is 1. The Morgan fingerprint density at radius 3 is 1.52 bits per heavy atom. The summed E-state index contributed by atoms with van der Waals surface area (Å²) in [6.07, 6.45) is 4.13. The third-order valence-electron chi connectivity index (χ3n) is 4.34. The zero-order valence-electron chi connectivity index (χ0n) is 15.0. The van der Waals surface area contributed by atoms with Crippen LogP contribution in [-0.4, -0.2) is 13.9 Å². The SMILES string of the molecule is c1ccc(Cn2ccn(Cc3ccccc3)c2=[N+]=Nc2ccccc2)cc1. The van der Waals surface area contributed by atoms with Crippen LogP contribution in [0.4, 0.5) is 5.69 Å². The molecule has 0 aliphatic carbocycles. The van der Waals surface area contributed by atoms with Crippen molar-refractivity contribution < 1.29 is 4.79 Å². The Morgan fingerprint density at radius 1 is 0.593 bits per heavy atom. The summed E-state index contributed by atoms with van der Waals surface area (Å²) >= 11 is 0. The number of nitrogens with zero attached hydrogens (tertiary/aromatic N) is 4. The molecule has 0 unspecified atom stereocenters. The molecule has 1 heterocycles. The molecule has 0 N–H and O–H groups in total. The average Bonchev–Trinajstić information content (AvgIpc) is 3.10. The lowest BCUT2D eigenvalue weighted by atomic mass is 10.2. The minimum atomic E-state index is 0.756. The first-order chi connectivity index (χ1) is 13.4. The summed E-state index contributed by atoms with van der Waals surface area (Å²) in [6, 6.07) is 30.6. The van der Waals surface area contributed by atoms with Crippen molar-refractivity contribution in [3.8, 4) is 0 Å². The lowest BCUT2D eigenvalue weighted by molar-refractivity contribution is -0.152. The summed E-state index contributed by atoms with van der Waals surface area (Å²) in [5.41, 5.74) is 4.13. The molecule has 4 rings (SSSR count). The fourth-order valence-corrected chi connectivity index (χ4v) is 2.98. The van der Waals surface area contributed by atoms with E-state index < -0.39 is 0 Å². The van der Waals surface area contributed by atoms with Crippen LogP contribution in [-0.2, 0) is 13.1 Å². The second-order valence-corrected chi connectivity index (χ2v) is 6.36. The van der Waals surface area contributed by atoms with Crippen molar-refractivity contribution in [3.05, 3.63) is 120 Å². The predicted octanol–water partition coefficient (Wildman–Crippen LogP) is 4.28. The summed E-state index contributed by atoms with van der Waals surface area (Å²) in [5, 5.41) is 4.44. The van der Waals surface area contributed by atoms with Crippen molar-refractivity contribution in [1.82, 2.24) is 9.13 Å². The summed E-state index contributed by atoms with van der Waals surface area (Å²) in [6.45, 7) is 1.51. The molecule has 0 fully saturated rings. The Kier molecular flexibility index (Phi) is 5.09. The van der Waals surface area contributed by atoms with Crippen LogP contribution in [0.2, 0.25) is 0 Å². The molecule has 0 bridgehead atoms. The number of rotatable bonds is 5. The number of benzene rings is 3. The first kappa shape index (κ1) is 16.8. The third-order valence-corrected chi connectivity index (χ3v) is 4.34. The smallest absolute Gasteiger partial charge is 0.215 e. The van der Waals surface area contributed by atoms with Crippen LogP contribution in [0.1, 0.15) is 11.1 Å². The van der Waals surface area contributed by atoms with Crippen LogP contribution < -0.4 is 5.62 Å². The van der Waals surface area contributed by atoms with E-state index >= 15 is 0 Å². The van der Waals surface area contributed by atoms with Gasteiger partial charge in [0.15, 0.2) is 0 Å². The molecule has 0 atom stereocenters. The monoisotopic (exact) mass is 353 g/mol. The first-order valence-electron chi connectivity index (χ1n) is 9.02. The molecule has 4 aromatic rings. The van der Waals surface area contributed by atoms with E-state index in [9.17, 15) is 0 Å². The maximum Gasteiger partial charge on any atom is 0.479 e. The Hall–Kier alpha value is -3.62. The lowest BCUT2D eigenvalue weighted by Gasteiger charge is -1.99. The van der Waals surface area contributed by atoms with E-state index in [2.05, 4.69) is 80.0 Å². The predicted molar refractivity (Wildman–Crippen MR) is 105 cm³/mol. The fraction of sp³-hybridized carbons (Fsp3) is 0.0870. The van der Waals surface area contributed by atoms with Gasteiger partial charge in [0.2, 0.25) is 0 Å². The lowest BCUT2D eigenvalue weighted by Crippen LogP contribution is -2.28. The van der Waals surface area contributed by atoms with Crippen molar-refractivity contribution in [2.24, 2.45) is 5.11 Å². The first-order valence-corrected chi connectivity index (χ1v) is 9.02. The highest BCUT2D eigenvalue weighted by atomic mass is 15.2. The Morgan fingerprint density at radius 2 is 1.04 bits per heavy atom. The molecule has 132 valence electrons. The fourth-order valence-electron chi connectivity index (χ4n) is 2.98. The molecule has 3 aromatic carbocycles. The second kappa shape index (κ2) is 8.17. The van der Waals surface area contributed by atoms with E-state index in [1.165, 1.54) is 11.1 Å².